The van der Waals surface area contributed by atoms with Gasteiger partial charge in [0, 0.05) is 21.7 Å². The van der Waals surface area contributed by atoms with E-state index in [1.54, 1.807) is 0 Å². The van der Waals surface area contributed by atoms with Crippen LogP contribution in [0.15, 0.2) is 11.0 Å². The fourth-order valence-corrected chi connectivity index (χ4v) is 1.83. The molecule has 1 N–H and O–H groups in total. The molecule has 0 saturated heterocycles. The van der Waals surface area contributed by atoms with E-state index in [-0.39, 0.29) is 6.07 Å². The van der Waals surface area contributed by atoms with Crippen LogP contribution in [0.3, 0.4) is 0 Å². The lowest BCUT2D eigenvalue weighted by molar-refractivity contribution is -0.391. The standard InChI is InChI=1S/C6H2ClF3N2O6S/c7-19(16,17)3-1-2(13)4(12(14)15)11-5(3)18-6(8,9)10/h1,13H. The summed E-state index contributed by atoms with van der Waals surface area (Å²) in [6.45, 7) is 0. The Morgan fingerprint density at radius 3 is 2.37 bits per heavy atom. The second-order valence-corrected chi connectivity index (χ2v) is 5.41. The monoisotopic (exact) mass is 322 g/mol. The van der Waals surface area contributed by atoms with Crippen LogP contribution in [0.5, 0.6) is 11.6 Å². The Hall–Kier alpha value is -1.82. The lowest BCUT2D eigenvalue weighted by Gasteiger charge is -2.07. The van der Waals surface area contributed by atoms with E-state index < -0.39 is 42.7 Å². The van der Waals surface area contributed by atoms with Gasteiger partial charge in [-0.05, 0) is 4.92 Å². The first-order chi connectivity index (χ1) is 8.42. The summed E-state index contributed by atoms with van der Waals surface area (Å²) in [4.78, 5) is 10.4. The first-order valence-corrected chi connectivity index (χ1v) is 6.31. The van der Waals surface area contributed by atoms with E-state index in [1.807, 2.05) is 0 Å². The molecule has 0 aromatic carbocycles. The van der Waals surface area contributed by atoms with Crippen LogP contribution >= 0.6 is 10.7 Å². The summed E-state index contributed by atoms with van der Waals surface area (Å²) in [5.74, 6) is -4.35. The minimum atomic E-state index is -5.35. The van der Waals surface area contributed by atoms with Crippen molar-refractivity contribution in [1.82, 2.24) is 4.98 Å². The van der Waals surface area contributed by atoms with Crippen LogP contribution in [-0.4, -0.2) is 29.8 Å². The maximum atomic E-state index is 12.0. The molecule has 0 bridgehead atoms. The lowest BCUT2D eigenvalue weighted by Crippen LogP contribution is -2.19. The third-order valence-corrected chi connectivity index (χ3v) is 2.88. The number of aromatic hydroxyl groups is 1. The summed E-state index contributed by atoms with van der Waals surface area (Å²) < 4.78 is 61.2. The molecule has 0 aliphatic heterocycles. The van der Waals surface area contributed by atoms with Crippen LogP contribution < -0.4 is 4.74 Å². The minimum absolute atomic E-state index is 0.133. The maximum absolute atomic E-state index is 12.0. The summed E-state index contributed by atoms with van der Waals surface area (Å²) in [5.41, 5.74) is 0. The van der Waals surface area contributed by atoms with Crippen molar-refractivity contribution in [2.75, 3.05) is 0 Å². The second-order valence-electron chi connectivity index (χ2n) is 2.88. The van der Waals surface area contributed by atoms with Crippen LogP contribution in [0.25, 0.3) is 0 Å². The van der Waals surface area contributed by atoms with Crippen molar-refractivity contribution in [2.24, 2.45) is 0 Å². The molecule has 0 saturated carbocycles. The minimum Gasteiger partial charge on any atom is -0.501 e. The number of hydrogen-bond acceptors (Lipinski definition) is 7. The molecule has 0 radical (unpaired) electrons. The van der Waals surface area contributed by atoms with Crippen molar-refractivity contribution in [2.45, 2.75) is 11.3 Å². The number of hydrogen-bond donors (Lipinski definition) is 1. The number of rotatable bonds is 3. The summed E-state index contributed by atoms with van der Waals surface area (Å²) in [6, 6.07) is 0.133. The first-order valence-electron chi connectivity index (χ1n) is 4.00. The van der Waals surface area contributed by atoms with Crippen molar-refractivity contribution in [3.63, 3.8) is 0 Å². The third kappa shape index (κ3) is 3.82. The van der Waals surface area contributed by atoms with Crippen LogP contribution in [0, 0.1) is 10.1 Å². The Bertz CT molecular complexity index is 631. The van der Waals surface area contributed by atoms with Gasteiger partial charge in [-0.25, -0.2) is 8.42 Å². The van der Waals surface area contributed by atoms with Gasteiger partial charge in [0.15, 0.2) is 4.90 Å². The molecule has 1 heterocycles. The summed E-state index contributed by atoms with van der Waals surface area (Å²) in [6.07, 6.45) is -5.35. The van der Waals surface area contributed by atoms with Gasteiger partial charge in [-0.2, -0.15) is 0 Å². The first kappa shape index (κ1) is 15.2. The van der Waals surface area contributed by atoms with E-state index >= 15 is 0 Å². The lowest BCUT2D eigenvalue weighted by atomic mass is 10.4. The van der Waals surface area contributed by atoms with Crippen molar-refractivity contribution in [3.8, 4) is 11.6 Å². The molecule has 0 amide bonds. The van der Waals surface area contributed by atoms with E-state index in [0.29, 0.717) is 0 Å². The molecular weight excluding hydrogens is 321 g/mol. The number of ether oxygens (including phenoxy) is 1. The molecule has 1 aromatic heterocycles. The number of halogens is 4. The Balaban J connectivity index is 3.56. The fourth-order valence-electron chi connectivity index (χ4n) is 0.951. The largest absolute Gasteiger partial charge is 0.575 e. The number of nitro groups is 1. The van der Waals surface area contributed by atoms with Gasteiger partial charge in [-0.15, -0.1) is 13.2 Å². The van der Waals surface area contributed by atoms with Crippen LogP contribution in [0.2, 0.25) is 0 Å². The molecule has 1 rings (SSSR count). The van der Waals surface area contributed by atoms with E-state index in [0.717, 1.165) is 0 Å². The highest BCUT2D eigenvalue weighted by molar-refractivity contribution is 8.13. The van der Waals surface area contributed by atoms with Crippen molar-refractivity contribution in [1.29, 1.82) is 0 Å². The molecule has 0 aliphatic rings. The molecule has 0 atom stereocenters. The zero-order valence-corrected chi connectivity index (χ0v) is 9.95. The Kier molecular flexibility index (Phi) is 3.77. The zero-order valence-electron chi connectivity index (χ0n) is 8.38. The predicted molar refractivity (Wildman–Crippen MR) is 52.3 cm³/mol. The normalized spacial score (nSPS) is 12.2. The summed E-state index contributed by atoms with van der Waals surface area (Å²) >= 11 is 0. The molecule has 106 valence electrons. The number of pyridine rings is 1. The molecule has 1 aromatic rings. The average molecular weight is 323 g/mol. The number of alkyl halides is 3. The Morgan fingerprint density at radius 1 is 1.47 bits per heavy atom. The van der Waals surface area contributed by atoms with E-state index in [2.05, 4.69) is 9.72 Å². The Morgan fingerprint density at radius 2 is 2.00 bits per heavy atom. The molecule has 13 heteroatoms. The summed E-state index contributed by atoms with van der Waals surface area (Å²) in [5, 5.41) is 19.4. The zero-order chi connectivity index (χ0) is 15.0. The molecule has 0 aliphatic carbocycles. The average Bonchev–Trinajstić information content (AvgIpc) is 2.15. The SMILES string of the molecule is O=[N+]([O-])c1nc(OC(F)(F)F)c(S(=O)(=O)Cl)cc1O. The van der Waals surface area contributed by atoms with Crippen molar-refractivity contribution < 1.29 is 36.4 Å². The second kappa shape index (κ2) is 4.70. The maximum Gasteiger partial charge on any atom is 0.575 e. The van der Waals surface area contributed by atoms with Crippen LogP contribution in [0.4, 0.5) is 19.0 Å². The van der Waals surface area contributed by atoms with Crippen LogP contribution in [-0.2, 0) is 9.05 Å². The fraction of sp³-hybridized carbons (Fsp3) is 0.167. The van der Waals surface area contributed by atoms with Crippen molar-refractivity contribution in [3.05, 3.63) is 16.2 Å². The summed E-state index contributed by atoms with van der Waals surface area (Å²) in [7, 11) is 0.0317. The highest BCUT2D eigenvalue weighted by Crippen LogP contribution is 2.36. The quantitative estimate of drug-likeness (QED) is 0.509. The van der Waals surface area contributed by atoms with E-state index in [9.17, 15) is 31.7 Å². The topological polar surface area (TPSA) is 120 Å². The highest BCUT2D eigenvalue weighted by atomic mass is 35.7. The molecule has 0 fully saturated rings. The highest BCUT2D eigenvalue weighted by Gasteiger charge is 2.39. The smallest absolute Gasteiger partial charge is 0.501 e. The molecule has 0 spiro atoms. The predicted octanol–water partition coefficient (Wildman–Crippen LogP) is 1.52. The number of aromatic nitrogens is 1. The van der Waals surface area contributed by atoms with Gasteiger partial charge in [0.1, 0.15) is 0 Å². The van der Waals surface area contributed by atoms with Gasteiger partial charge in [-0.3, -0.25) is 0 Å². The van der Waals surface area contributed by atoms with Gasteiger partial charge >= 0.3 is 18.1 Å². The van der Waals surface area contributed by atoms with Gasteiger partial charge in [0.2, 0.25) is 5.75 Å². The van der Waals surface area contributed by atoms with E-state index in [4.69, 9.17) is 15.8 Å². The third-order valence-electron chi connectivity index (χ3n) is 1.56. The van der Waals surface area contributed by atoms with Gasteiger partial charge in [0.25, 0.3) is 9.05 Å². The Labute approximate surface area is 107 Å². The number of nitrogens with zero attached hydrogens (tertiary/aromatic N) is 2. The van der Waals surface area contributed by atoms with Gasteiger partial charge in [0.05, 0.1) is 0 Å². The van der Waals surface area contributed by atoms with Crippen LogP contribution in [0.1, 0.15) is 0 Å². The molecule has 0 unspecified atom stereocenters. The van der Waals surface area contributed by atoms with Gasteiger partial charge in [-0.1, -0.05) is 0 Å². The molecule has 8 nitrogen and oxygen atoms in total. The molecule has 19 heavy (non-hydrogen) atoms. The van der Waals surface area contributed by atoms with Crippen molar-refractivity contribution >= 4 is 25.6 Å². The van der Waals surface area contributed by atoms with E-state index in [1.165, 1.54) is 0 Å². The van der Waals surface area contributed by atoms with Gasteiger partial charge < -0.3 is 20.0 Å². The molecular formula is C6H2ClF3N2O6S.